The molecule has 6 heteroatoms. The van der Waals surface area contributed by atoms with E-state index in [1.165, 1.54) is 23.6 Å². The molecular formula is C11H7FN4S. The molecule has 17 heavy (non-hydrogen) atoms. The van der Waals surface area contributed by atoms with Gasteiger partial charge in [0, 0.05) is 11.8 Å². The number of thiazole rings is 1. The van der Waals surface area contributed by atoms with Crippen LogP contribution in [-0.4, -0.2) is 19.9 Å². The molecule has 84 valence electrons. The minimum Gasteiger partial charge on any atom is -0.239 e. The van der Waals surface area contributed by atoms with Crippen LogP contribution in [0.15, 0.2) is 24.5 Å². The Morgan fingerprint density at radius 1 is 1.12 bits per heavy atom. The fourth-order valence-electron chi connectivity index (χ4n) is 1.44. The molecule has 0 fully saturated rings. The summed E-state index contributed by atoms with van der Waals surface area (Å²) in [7, 11) is 0. The third-order valence-corrected chi connectivity index (χ3v) is 3.26. The van der Waals surface area contributed by atoms with Crippen molar-refractivity contribution in [2.45, 2.75) is 6.92 Å². The predicted octanol–water partition coefficient (Wildman–Crippen LogP) is 2.60. The van der Waals surface area contributed by atoms with Crippen LogP contribution in [-0.2, 0) is 0 Å². The molecule has 0 aliphatic rings. The van der Waals surface area contributed by atoms with Crippen LogP contribution in [0.3, 0.4) is 0 Å². The summed E-state index contributed by atoms with van der Waals surface area (Å²) >= 11 is 1.45. The number of halogens is 1. The molecule has 0 saturated carbocycles. The Labute approximate surface area is 100 Å². The van der Waals surface area contributed by atoms with Gasteiger partial charge in [-0.1, -0.05) is 11.3 Å². The Kier molecular flexibility index (Phi) is 2.29. The number of pyridine rings is 1. The van der Waals surface area contributed by atoms with Crippen molar-refractivity contribution in [1.29, 1.82) is 0 Å². The van der Waals surface area contributed by atoms with E-state index in [0.29, 0.717) is 5.82 Å². The molecule has 0 aliphatic heterocycles. The second-order valence-electron chi connectivity index (χ2n) is 3.50. The average Bonchev–Trinajstić information content (AvgIpc) is 2.72. The number of aryl methyl sites for hydroxylation is 1. The highest BCUT2D eigenvalue weighted by molar-refractivity contribution is 7.21. The van der Waals surface area contributed by atoms with E-state index in [1.807, 2.05) is 6.92 Å². The summed E-state index contributed by atoms with van der Waals surface area (Å²) in [6.45, 7) is 1.83. The summed E-state index contributed by atoms with van der Waals surface area (Å²) in [5, 5.41) is 0.771. The lowest BCUT2D eigenvalue weighted by molar-refractivity contribution is 0.584. The summed E-state index contributed by atoms with van der Waals surface area (Å²) in [4.78, 5) is 17.2. The lowest BCUT2D eigenvalue weighted by atomic mass is 10.3. The first-order chi connectivity index (χ1) is 8.22. The smallest absolute Gasteiger partial charge is 0.212 e. The number of hydrogen-bond acceptors (Lipinski definition) is 5. The van der Waals surface area contributed by atoms with E-state index in [0.717, 1.165) is 20.9 Å². The summed E-state index contributed by atoms with van der Waals surface area (Å²) in [6, 6.07) is 2.97. The zero-order valence-electron chi connectivity index (χ0n) is 8.88. The summed E-state index contributed by atoms with van der Waals surface area (Å²) < 4.78 is 12.7. The third-order valence-electron chi connectivity index (χ3n) is 2.25. The second-order valence-corrected chi connectivity index (χ2v) is 4.47. The van der Waals surface area contributed by atoms with Crippen molar-refractivity contribution >= 4 is 21.7 Å². The fourth-order valence-corrected chi connectivity index (χ4v) is 2.39. The molecule has 0 saturated heterocycles. The SMILES string of the molecule is Cc1ncc2nc(-c3ccc(F)nc3)sc2n1. The van der Waals surface area contributed by atoms with Gasteiger partial charge in [-0.15, -0.1) is 0 Å². The van der Waals surface area contributed by atoms with Gasteiger partial charge in [0.2, 0.25) is 5.95 Å². The molecule has 3 rings (SSSR count). The molecule has 3 aromatic heterocycles. The molecule has 0 spiro atoms. The Morgan fingerprint density at radius 2 is 2.00 bits per heavy atom. The molecule has 0 N–H and O–H groups in total. The van der Waals surface area contributed by atoms with Crippen molar-refractivity contribution in [2.24, 2.45) is 0 Å². The molecule has 0 bridgehead atoms. The Morgan fingerprint density at radius 3 is 2.76 bits per heavy atom. The zero-order chi connectivity index (χ0) is 11.8. The van der Waals surface area contributed by atoms with Gasteiger partial charge >= 0.3 is 0 Å². The van der Waals surface area contributed by atoms with Gasteiger partial charge in [0.1, 0.15) is 21.2 Å². The third kappa shape index (κ3) is 1.87. The Hall–Kier alpha value is -1.95. The maximum absolute atomic E-state index is 12.7. The van der Waals surface area contributed by atoms with E-state index in [9.17, 15) is 4.39 Å². The summed E-state index contributed by atoms with van der Waals surface area (Å²) in [5.74, 6) is 0.218. The summed E-state index contributed by atoms with van der Waals surface area (Å²) in [5.41, 5.74) is 1.53. The van der Waals surface area contributed by atoms with Gasteiger partial charge in [0.15, 0.2) is 0 Å². The minimum atomic E-state index is -0.495. The van der Waals surface area contributed by atoms with Crippen molar-refractivity contribution in [1.82, 2.24) is 19.9 Å². The molecule has 4 nitrogen and oxygen atoms in total. The van der Waals surface area contributed by atoms with Gasteiger partial charge in [0.25, 0.3) is 0 Å². The molecule has 3 aromatic rings. The maximum atomic E-state index is 12.7. The highest BCUT2D eigenvalue weighted by Gasteiger charge is 2.08. The Balaban J connectivity index is 2.14. The molecule has 3 heterocycles. The zero-order valence-corrected chi connectivity index (χ0v) is 9.70. The Bertz CT molecular complexity index is 678. The lowest BCUT2D eigenvalue weighted by Gasteiger charge is -1.93. The minimum absolute atomic E-state index is 0.495. The van der Waals surface area contributed by atoms with Crippen LogP contribution in [0, 0.1) is 12.9 Å². The normalized spacial score (nSPS) is 10.9. The van der Waals surface area contributed by atoms with Crippen molar-refractivity contribution in [3.05, 3.63) is 36.3 Å². The predicted molar refractivity (Wildman–Crippen MR) is 63.1 cm³/mol. The van der Waals surface area contributed by atoms with Gasteiger partial charge in [-0.3, -0.25) is 0 Å². The van der Waals surface area contributed by atoms with Gasteiger partial charge in [-0.2, -0.15) is 4.39 Å². The van der Waals surface area contributed by atoms with E-state index >= 15 is 0 Å². The first-order valence-corrected chi connectivity index (χ1v) is 5.76. The van der Waals surface area contributed by atoms with Gasteiger partial charge in [-0.25, -0.2) is 19.9 Å². The maximum Gasteiger partial charge on any atom is 0.212 e. The first-order valence-electron chi connectivity index (χ1n) is 4.94. The van der Waals surface area contributed by atoms with Crippen LogP contribution >= 0.6 is 11.3 Å². The van der Waals surface area contributed by atoms with E-state index < -0.39 is 5.95 Å². The molecule has 0 aliphatic carbocycles. The number of fused-ring (bicyclic) bond motifs is 1. The second kappa shape index (κ2) is 3.81. The quantitative estimate of drug-likeness (QED) is 0.619. The van der Waals surface area contributed by atoms with Crippen LogP contribution in [0.4, 0.5) is 4.39 Å². The highest BCUT2D eigenvalue weighted by Crippen LogP contribution is 2.27. The average molecular weight is 246 g/mol. The van der Waals surface area contributed by atoms with Crippen LogP contribution in [0.2, 0.25) is 0 Å². The fraction of sp³-hybridized carbons (Fsp3) is 0.0909. The highest BCUT2D eigenvalue weighted by atomic mass is 32.1. The first kappa shape index (κ1) is 10.2. The number of rotatable bonds is 1. The van der Waals surface area contributed by atoms with E-state index in [4.69, 9.17) is 0 Å². The van der Waals surface area contributed by atoms with Crippen molar-refractivity contribution in [3.8, 4) is 10.6 Å². The van der Waals surface area contributed by atoms with Crippen molar-refractivity contribution in [3.63, 3.8) is 0 Å². The van der Waals surface area contributed by atoms with Crippen LogP contribution < -0.4 is 0 Å². The standard InChI is InChI=1S/C11H7FN4S/c1-6-13-5-8-11(15-6)17-10(16-8)7-2-3-9(12)14-4-7/h2-5H,1H3. The monoisotopic (exact) mass is 246 g/mol. The van der Waals surface area contributed by atoms with E-state index in [1.54, 1.807) is 12.3 Å². The van der Waals surface area contributed by atoms with Gasteiger partial charge in [-0.05, 0) is 19.1 Å². The molecular weight excluding hydrogens is 239 g/mol. The number of hydrogen-bond donors (Lipinski definition) is 0. The van der Waals surface area contributed by atoms with Crippen molar-refractivity contribution in [2.75, 3.05) is 0 Å². The van der Waals surface area contributed by atoms with E-state index in [2.05, 4.69) is 19.9 Å². The van der Waals surface area contributed by atoms with Crippen LogP contribution in [0.1, 0.15) is 5.82 Å². The molecule has 0 aromatic carbocycles. The van der Waals surface area contributed by atoms with Gasteiger partial charge < -0.3 is 0 Å². The van der Waals surface area contributed by atoms with Crippen molar-refractivity contribution < 1.29 is 4.39 Å². The van der Waals surface area contributed by atoms with Gasteiger partial charge in [0.05, 0.1) is 6.20 Å². The summed E-state index contributed by atoms with van der Waals surface area (Å²) in [6.07, 6.45) is 3.15. The lowest BCUT2D eigenvalue weighted by Crippen LogP contribution is -1.84. The largest absolute Gasteiger partial charge is 0.239 e. The molecule has 0 atom stereocenters. The molecule has 0 radical (unpaired) electrons. The van der Waals surface area contributed by atoms with Crippen LogP contribution in [0.25, 0.3) is 20.9 Å². The molecule has 0 amide bonds. The number of nitrogens with zero attached hydrogens (tertiary/aromatic N) is 4. The van der Waals surface area contributed by atoms with Crippen LogP contribution in [0.5, 0.6) is 0 Å². The van der Waals surface area contributed by atoms with E-state index in [-0.39, 0.29) is 0 Å². The topological polar surface area (TPSA) is 51.6 Å². The number of aromatic nitrogens is 4. The molecule has 0 unspecified atom stereocenters.